The molecule has 3 aliphatic rings. The van der Waals surface area contributed by atoms with Gasteiger partial charge in [-0.1, -0.05) is 55.9 Å². The number of halogens is 1. The molecule has 0 bridgehead atoms. The minimum atomic E-state index is 0.0759. The molecule has 2 aliphatic carbocycles. The fourth-order valence-electron chi connectivity index (χ4n) is 4.22. The number of hydrogen-bond acceptors (Lipinski definition) is 5. The molecule has 0 aromatic carbocycles. The van der Waals surface area contributed by atoms with Gasteiger partial charge in [0.15, 0.2) is 0 Å². The molecule has 168 valence electrons. The Morgan fingerprint density at radius 3 is 2.94 bits per heavy atom. The maximum Gasteiger partial charge on any atom is 0.110 e. The summed E-state index contributed by atoms with van der Waals surface area (Å²) >= 11 is 6.25. The van der Waals surface area contributed by atoms with E-state index in [2.05, 4.69) is 66.1 Å². The standard InChI is InChI=1S/C25H36ClN5/c1-3-7-22(31-27)14-15-28-17-23-24(13-12-19-8-6-11-21(26)16-19)30-25(23)29-18(2)20-9-4-5-10-20/h4,6,8-13,18,21-23,25,27-29H,3,5,7,14-17H2,1-2H3/b13-12+,31-27?. The van der Waals surface area contributed by atoms with Gasteiger partial charge in [-0.25, -0.2) is 5.53 Å². The van der Waals surface area contributed by atoms with Crippen LogP contribution in [0.3, 0.4) is 0 Å². The summed E-state index contributed by atoms with van der Waals surface area (Å²) in [5.74, 6) is 0.328. The molecule has 0 saturated carbocycles. The molecule has 6 heteroatoms. The Balaban J connectivity index is 1.57. The van der Waals surface area contributed by atoms with Crippen molar-refractivity contribution >= 4 is 17.3 Å². The molecule has 0 saturated heterocycles. The van der Waals surface area contributed by atoms with Crippen molar-refractivity contribution in [2.24, 2.45) is 16.0 Å². The first-order valence-corrected chi connectivity index (χ1v) is 12.0. The summed E-state index contributed by atoms with van der Waals surface area (Å²) in [6.07, 6.45) is 22.1. The minimum absolute atomic E-state index is 0.0759. The molecule has 5 atom stereocenters. The summed E-state index contributed by atoms with van der Waals surface area (Å²) in [7, 11) is 0. The Morgan fingerprint density at radius 2 is 2.23 bits per heavy atom. The highest BCUT2D eigenvalue weighted by Crippen LogP contribution is 2.25. The number of nitrogens with one attached hydrogen (secondary N) is 3. The lowest BCUT2D eigenvalue weighted by molar-refractivity contribution is 0.362. The molecule has 1 heterocycles. The first-order chi connectivity index (χ1) is 15.1. The van der Waals surface area contributed by atoms with E-state index in [4.69, 9.17) is 22.1 Å². The van der Waals surface area contributed by atoms with Crippen LogP contribution in [0.2, 0.25) is 0 Å². The van der Waals surface area contributed by atoms with E-state index >= 15 is 0 Å². The van der Waals surface area contributed by atoms with E-state index in [1.165, 1.54) is 11.1 Å². The lowest BCUT2D eigenvalue weighted by Gasteiger charge is -2.36. The molecule has 0 amide bonds. The maximum atomic E-state index is 7.35. The van der Waals surface area contributed by atoms with Gasteiger partial charge in [0.2, 0.25) is 0 Å². The largest absolute Gasteiger partial charge is 0.316 e. The zero-order chi connectivity index (χ0) is 22.1. The Labute approximate surface area is 192 Å². The molecule has 31 heavy (non-hydrogen) atoms. The van der Waals surface area contributed by atoms with E-state index in [0.717, 1.165) is 50.9 Å². The van der Waals surface area contributed by atoms with E-state index in [9.17, 15) is 0 Å². The van der Waals surface area contributed by atoms with Crippen LogP contribution in [0, 0.1) is 11.4 Å². The van der Waals surface area contributed by atoms with Gasteiger partial charge in [0.05, 0.1) is 11.4 Å². The van der Waals surface area contributed by atoms with Crippen LogP contribution in [-0.2, 0) is 0 Å². The molecule has 1 aliphatic heterocycles. The van der Waals surface area contributed by atoms with Gasteiger partial charge in [0.25, 0.3) is 0 Å². The molecule has 0 aromatic rings. The van der Waals surface area contributed by atoms with Crippen LogP contribution in [0.5, 0.6) is 0 Å². The number of allylic oxidation sites excluding steroid dienone is 8. The SMILES string of the molecule is CCCC(CCNCC1C(/C=C/C2=CC=CC(Cl)C2)=NC1NC(C)C1=CCC=C1)N=N. The van der Waals surface area contributed by atoms with Gasteiger partial charge < -0.3 is 5.32 Å². The van der Waals surface area contributed by atoms with Crippen LogP contribution in [0.15, 0.2) is 69.9 Å². The highest BCUT2D eigenvalue weighted by atomic mass is 35.5. The predicted octanol–water partition coefficient (Wildman–Crippen LogP) is 5.48. The van der Waals surface area contributed by atoms with Crippen molar-refractivity contribution in [3.8, 4) is 0 Å². The molecule has 0 aromatic heterocycles. The number of alkyl halides is 1. The van der Waals surface area contributed by atoms with Gasteiger partial charge in [-0.3, -0.25) is 10.3 Å². The zero-order valence-electron chi connectivity index (χ0n) is 18.7. The number of nitrogens with zero attached hydrogens (tertiary/aromatic N) is 2. The topological polar surface area (TPSA) is 72.6 Å². The van der Waals surface area contributed by atoms with Crippen molar-refractivity contribution in [3.63, 3.8) is 0 Å². The summed E-state index contributed by atoms with van der Waals surface area (Å²) < 4.78 is 0. The normalized spacial score (nSPS) is 26.9. The fourth-order valence-corrected chi connectivity index (χ4v) is 4.48. The summed E-state index contributed by atoms with van der Waals surface area (Å²) in [6, 6.07) is 0.427. The van der Waals surface area contributed by atoms with Crippen LogP contribution in [0.1, 0.15) is 46.0 Å². The molecule has 0 radical (unpaired) electrons. The lowest BCUT2D eigenvalue weighted by atomic mass is 9.90. The molecule has 5 unspecified atom stereocenters. The number of hydrogen-bond donors (Lipinski definition) is 3. The molecular formula is C25H36ClN5. The van der Waals surface area contributed by atoms with Crippen molar-refractivity contribution in [1.29, 1.82) is 5.53 Å². The second-order valence-corrected chi connectivity index (χ2v) is 9.14. The Kier molecular flexibility index (Phi) is 9.44. The minimum Gasteiger partial charge on any atom is -0.316 e. The Morgan fingerprint density at radius 1 is 1.35 bits per heavy atom. The average Bonchev–Trinajstić information content (AvgIpc) is 3.29. The monoisotopic (exact) mass is 441 g/mol. The predicted molar refractivity (Wildman–Crippen MR) is 131 cm³/mol. The molecule has 0 fully saturated rings. The van der Waals surface area contributed by atoms with E-state index in [1.54, 1.807) is 0 Å². The van der Waals surface area contributed by atoms with Crippen molar-refractivity contribution < 1.29 is 0 Å². The van der Waals surface area contributed by atoms with Crippen LogP contribution in [-0.4, -0.2) is 42.4 Å². The molecule has 5 nitrogen and oxygen atoms in total. The zero-order valence-corrected chi connectivity index (χ0v) is 19.5. The summed E-state index contributed by atoms with van der Waals surface area (Å²) in [4.78, 5) is 4.88. The highest BCUT2D eigenvalue weighted by molar-refractivity contribution is 6.22. The first-order valence-electron chi connectivity index (χ1n) is 11.6. The van der Waals surface area contributed by atoms with Crippen LogP contribution in [0.4, 0.5) is 0 Å². The Hall–Kier alpha value is -1.82. The second kappa shape index (κ2) is 12.3. The van der Waals surface area contributed by atoms with Crippen molar-refractivity contribution in [3.05, 3.63) is 59.8 Å². The highest BCUT2D eigenvalue weighted by Gasteiger charge is 2.34. The molecule has 3 N–H and O–H groups in total. The number of aliphatic imine (C=N–C) groups is 1. The summed E-state index contributed by atoms with van der Waals surface area (Å²) in [5.41, 5.74) is 11.1. The summed E-state index contributed by atoms with van der Waals surface area (Å²) in [5, 5.41) is 11.1. The maximum absolute atomic E-state index is 7.35. The molecule has 0 spiro atoms. The van der Waals surface area contributed by atoms with E-state index < -0.39 is 0 Å². The lowest BCUT2D eigenvalue weighted by Crippen LogP contribution is -2.53. The van der Waals surface area contributed by atoms with Gasteiger partial charge in [-0.15, -0.1) is 11.6 Å². The van der Waals surface area contributed by atoms with Gasteiger partial charge in [0.1, 0.15) is 6.17 Å². The third kappa shape index (κ3) is 7.09. The van der Waals surface area contributed by atoms with Crippen LogP contribution >= 0.6 is 11.6 Å². The third-order valence-corrected chi connectivity index (χ3v) is 6.42. The fraction of sp³-hybridized carbons (Fsp3) is 0.560. The van der Waals surface area contributed by atoms with Crippen molar-refractivity contribution in [2.75, 3.05) is 13.1 Å². The number of rotatable bonds is 13. The third-order valence-electron chi connectivity index (χ3n) is 6.12. The van der Waals surface area contributed by atoms with E-state index in [-0.39, 0.29) is 17.6 Å². The average molecular weight is 442 g/mol. The van der Waals surface area contributed by atoms with Crippen molar-refractivity contribution in [1.82, 2.24) is 10.6 Å². The van der Waals surface area contributed by atoms with E-state index in [0.29, 0.717) is 12.0 Å². The van der Waals surface area contributed by atoms with Gasteiger partial charge >= 0.3 is 0 Å². The van der Waals surface area contributed by atoms with Crippen LogP contribution in [0.25, 0.3) is 0 Å². The molecule has 3 rings (SSSR count). The smallest absolute Gasteiger partial charge is 0.110 e. The summed E-state index contributed by atoms with van der Waals surface area (Å²) in [6.45, 7) is 6.10. The van der Waals surface area contributed by atoms with Crippen molar-refractivity contribution in [2.45, 2.75) is 69.6 Å². The second-order valence-electron chi connectivity index (χ2n) is 8.58. The molecular weight excluding hydrogens is 406 g/mol. The van der Waals surface area contributed by atoms with Gasteiger partial charge in [-0.2, -0.15) is 5.11 Å². The van der Waals surface area contributed by atoms with Crippen LogP contribution < -0.4 is 10.6 Å². The quantitative estimate of drug-likeness (QED) is 0.201. The Bertz CT molecular complexity index is 792. The van der Waals surface area contributed by atoms with E-state index in [1.807, 2.05) is 12.2 Å². The first kappa shape index (κ1) is 23.8. The van der Waals surface area contributed by atoms with Gasteiger partial charge in [-0.05, 0) is 56.4 Å². The van der Waals surface area contributed by atoms with Gasteiger partial charge in [0, 0.05) is 24.2 Å².